The van der Waals surface area contributed by atoms with Crippen LogP contribution in [0.4, 0.5) is 0 Å². The van der Waals surface area contributed by atoms with E-state index in [0.29, 0.717) is 5.76 Å². The van der Waals surface area contributed by atoms with Gasteiger partial charge in [0.05, 0.1) is 6.26 Å². The summed E-state index contributed by atoms with van der Waals surface area (Å²) in [6.45, 7) is 5.60. The third-order valence-corrected chi connectivity index (χ3v) is 1.51. The maximum atomic E-state index is 11.3. The summed E-state index contributed by atoms with van der Waals surface area (Å²) in [5.74, 6) is 0.375. The van der Waals surface area contributed by atoms with Crippen molar-refractivity contribution in [3.63, 3.8) is 0 Å². The third kappa shape index (κ3) is 5.19. The van der Waals surface area contributed by atoms with Gasteiger partial charge in [0.15, 0.2) is 6.61 Å². The summed E-state index contributed by atoms with van der Waals surface area (Å²) >= 11 is 0. The number of nitrogens with zero attached hydrogens (tertiary/aromatic N) is 1. The van der Waals surface area contributed by atoms with Gasteiger partial charge in [-0.05, 0) is 32.9 Å². The predicted octanol–water partition coefficient (Wildman–Crippen LogP) is 1.54. The van der Waals surface area contributed by atoms with Gasteiger partial charge in [-0.1, -0.05) is 5.16 Å². The van der Waals surface area contributed by atoms with E-state index in [2.05, 4.69) is 10.5 Å². The third-order valence-electron chi connectivity index (χ3n) is 1.51. The van der Waals surface area contributed by atoms with E-state index in [1.807, 2.05) is 20.8 Å². The molecule has 1 rings (SSSR count). The lowest BCUT2D eigenvalue weighted by Gasteiger charge is -2.19. The monoisotopic (exact) mass is 224 g/mol. The van der Waals surface area contributed by atoms with Crippen LogP contribution < -0.4 is 5.32 Å². The molecule has 0 aliphatic heterocycles. The van der Waals surface area contributed by atoms with E-state index in [4.69, 9.17) is 9.25 Å². The Kier molecular flexibility index (Phi) is 4.10. The lowest BCUT2D eigenvalue weighted by atomic mass is 10.1. The van der Waals surface area contributed by atoms with Crippen LogP contribution in [0.3, 0.4) is 0 Å². The Bertz CT molecular complexity index is 350. The van der Waals surface area contributed by atoms with Crippen molar-refractivity contribution in [3.05, 3.63) is 24.2 Å². The quantitative estimate of drug-likeness (QED) is 0.623. The van der Waals surface area contributed by atoms with Crippen LogP contribution in [0.5, 0.6) is 0 Å². The molecule has 0 fully saturated rings. The number of carbonyl (C=O) groups excluding carboxylic acids is 1. The van der Waals surface area contributed by atoms with Crippen molar-refractivity contribution in [1.82, 2.24) is 5.32 Å². The fraction of sp³-hybridized carbons (Fsp3) is 0.455. The fourth-order valence-corrected chi connectivity index (χ4v) is 1.00. The number of amides is 1. The molecule has 0 bridgehead atoms. The zero-order valence-corrected chi connectivity index (χ0v) is 9.69. The largest absolute Gasteiger partial charge is 0.463 e. The highest BCUT2D eigenvalue weighted by molar-refractivity contribution is 5.78. The maximum absolute atomic E-state index is 11.3. The predicted molar refractivity (Wildman–Crippen MR) is 60.1 cm³/mol. The summed E-state index contributed by atoms with van der Waals surface area (Å²) in [6.07, 6.45) is 2.94. The topological polar surface area (TPSA) is 63.8 Å². The van der Waals surface area contributed by atoms with Gasteiger partial charge in [-0.25, -0.2) is 0 Å². The average Bonchev–Trinajstić information content (AvgIpc) is 2.62. The molecule has 5 nitrogen and oxygen atoms in total. The second-order valence-corrected chi connectivity index (χ2v) is 4.32. The molecule has 0 saturated carbocycles. The van der Waals surface area contributed by atoms with E-state index in [-0.39, 0.29) is 18.1 Å². The van der Waals surface area contributed by atoms with Crippen LogP contribution in [0.25, 0.3) is 0 Å². The minimum absolute atomic E-state index is 0.103. The highest BCUT2D eigenvalue weighted by atomic mass is 16.6. The molecule has 5 heteroatoms. The van der Waals surface area contributed by atoms with E-state index >= 15 is 0 Å². The molecule has 16 heavy (non-hydrogen) atoms. The molecule has 88 valence electrons. The van der Waals surface area contributed by atoms with Crippen molar-refractivity contribution in [2.24, 2.45) is 5.16 Å². The molecular formula is C11H16N2O3. The SMILES string of the molecule is CC(C)(C)NC(=O)CON=Cc1ccco1. The van der Waals surface area contributed by atoms with Crippen LogP contribution in [0.2, 0.25) is 0 Å². The Balaban J connectivity index is 2.23. The number of hydrogen-bond acceptors (Lipinski definition) is 4. The van der Waals surface area contributed by atoms with Gasteiger partial charge in [-0.2, -0.15) is 0 Å². The summed E-state index contributed by atoms with van der Waals surface area (Å²) in [5.41, 5.74) is -0.259. The van der Waals surface area contributed by atoms with Crippen molar-refractivity contribution >= 4 is 12.1 Å². The first-order valence-corrected chi connectivity index (χ1v) is 4.97. The van der Waals surface area contributed by atoms with Crippen molar-refractivity contribution in [2.45, 2.75) is 26.3 Å². The van der Waals surface area contributed by atoms with Gasteiger partial charge in [0, 0.05) is 5.54 Å². The molecule has 0 radical (unpaired) electrons. The second-order valence-electron chi connectivity index (χ2n) is 4.32. The number of oxime groups is 1. The Morgan fingerprint density at radius 3 is 2.94 bits per heavy atom. The van der Waals surface area contributed by atoms with E-state index in [1.165, 1.54) is 12.5 Å². The van der Waals surface area contributed by atoms with Crippen LogP contribution in [0.15, 0.2) is 28.0 Å². The molecule has 0 spiro atoms. The van der Waals surface area contributed by atoms with Crippen LogP contribution in [-0.2, 0) is 9.63 Å². The van der Waals surface area contributed by atoms with E-state index in [0.717, 1.165) is 0 Å². The Hall–Kier alpha value is -1.78. The molecule has 0 aromatic carbocycles. The highest BCUT2D eigenvalue weighted by Gasteiger charge is 2.13. The van der Waals surface area contributed by atoms with Crippen LogP contribution in [0.1, 0.15) is 26.5 Å². The van der Waals surface area contributed by atoms with Gasteiger partial charge in [-0.15, -0.1) is 0 Å². The molecule has 1 aromatic heterocycles. The summed E-state index contributed by atoms with van der Waals surface area (Å²) in [4.78, 5) is 16.1. The number of rotatable bonds is 4. The Labute approximate surface area is 94.5 Å². The minimum atomic E-state index is -0.259. The molecule has 1 amide bonds. The maximum Gasteiger partial charge on any atom is 0.261 e. The molecule has 1 N–H and O–H groups in total. The van der Waals surface area contributed by atoms with E-state index in [1.54, 1.807) is 12.1 Å². The van der Waals surface area contributed by atoms with E-state index < -0.39 is 0 Å². The zero-order valence-electron chi connectivity index (χ0n) is 9.69. The summed E-state index contributed by atoms with van der Waals surface area (Å²) in [6, 6.07) is 3.48. The first-order valence-electron chi connectivity index (χ1n) is 4.97. The molecule has 0 unspecified atom stereocenters. The second kappa shape index (κ2) is 5.34. The van der Waals surface area contributed by atoms with Crippen molar-refractivity contribution < 1.29 is 14.0 Å². The molecule has 0 saturated heterocycles. The Morgan fingerprint density at radius 2 is 2.38 bits per heavy atom. The summed E-state index contributed by atoms with van der Waals surface area (Å²) < 4.78 is 4.99. The minimum Gasteiger partial charge on any atom is -0.463 e. The standard InChI is InChI=1S/C11H16N2O3/c1-11(2,3)13-10(14)8-16-12-7-9-5-4-6-15-9/h4-7H,8H2,1-3H3,(H,13,14). The number of hydrogen-bond donors (Lipinski definition) is 1. The molecule has 1 heterocycles. The van der Waals surface area contributed by atoms with Crippen molar-refractivity contribution in [2.75, 3.05) is 6.61 Å². The molecule has 0 aliphatic carbocycles. The summed E-state index contributed by atoms with van der Waals surface area (Å²) in [7, 11) is 0. The average molecular weight is 224 g/mol. The van der Waals surface area contributed by atoms with Gasteiger partial charge in [0.1, 0.15) is 12.0 Å². The van der Waals surface area contributed by atoms with Crippen LogP contribution in [0, 0.1) is 0 Å². The number of carbonyl (C=O) groups is 1. The lowest BCUT2D eigenvalue weighted by molar-refractivity contribution is -0.127. The van der Waals surface area contributed by atoms with Crippen molar-refractivity contribution in [1.29, 1.82) is 0 Å². The zero-order chi connectivity index (χ0) is 12.0. The first-order chi connectivity index (χ1) is 7.47. The number of furan rings is 1. The first kappa shape index (κ1) is 12.3. The van der Waals surface area contributed by atoms with Gasteiger partial charge in [0.2, 0.25) is 0 Å². The molecule has 1 aromatic rings. The van der Waals surface area contributed by atoms with E-state index in [9.17, 15) is 4.79 Å². The molecular weight excluding hydrogens is 208 g/mol. The molecule has 0 aliphatic rings. The van der Waals surface area contributed by atoms with Crippen LogP contribution >= 0.6 is 0 Å². The smallest absolute Gasteiger partial charge is 0.261 e. The van der Waals surface area contributed by atoms with Crippen LogP contribution in [-0.4, -0.2) is 24.3 Å². The van der Waals surface area contributed by atoms with Gasteiger partial charge >= 0.3 is 0 Å². The number of nitrogens with one attached hydrogen (secondary N) is 1. The highest BCUT2D eigenvalue weighted by Crippen LogP contribution is 1.98. The van der Waals surface area contributed by atoms with Gasteiger partial charge in [-0.3, -0.25) is 4.79 Å². The summed E-state index contributed by atoms with van der Waals surface area (Å²) in [5, 5.41) is 6.36. The van der Waals surface area contributed by atoms with Gasteiger partial charge < -0.3 is 14.6 Å². The van der Waals surface area contributed by atoms with Gasteiger partial charge in [0.25, 0.3) is 5.91 Å². The van der Waals surface area contributed by atoms with Crippen molar-refractivity contribution in [3.8, 4) is 0 Å². The lowest BCUT2D eigenvalue weighted by Crippen LogP contribution is -2.42. The fourth-order valence-electron chi connectivity index (χ4n) is 1.00. The molecule has 0 atom stereocenters. The normalized spacial score (nSPS) is 11.7. The Morgan fingerprint density at radius 1 is 1.62 bits per heavy atom.